The van der Waals surface area contributed by atoms with Crippen molar-refractivity contribution in [3.05, 3.63) is 42.7 Å². The molecule has 4 heteroatoms. The van der Waals surface area contributed by atoms with Crippen molar-refractivity contribution in [2.45, 2.75) is 38.5 Å². The van der Waals surface area contributed by atoms with Gasteiger partial charge in [0.2, 0.25) is 5.91 Å². The zero-order chi connectivity index (χ0) is 14.9. The van der Waals surface area contributed by atoms with E-state index in [1.54, 1.807) is 0 Å². The number of aromatic nitrogens is 2. The second-order valence-electron chi connectivity index (χ2n) is 5.21. The van der Waals surface area contributed by atoms with Gasteiger partial charge in [-0.05, 0) is 31.1 Å². The Labute approximate surface area is 125 Å². The van der Waals surface area contributed by atoms with Crippen molar-refractivity contribution < 1.29 is 4.79 Å². The summed E-state index contributed by atoms with van der Waals surface area (Å²) in [5.74, 6) is 0.995. The molecule has 1 amide bonds. The summed E-state index contributed by atoms with van der Waals surface area (Å²) in [5, 5.41) is 2.79. The molecule has 21 heavy (non-hydrogen) atoms. The SMILES string of the molecule is C=CC(=O)NCCCCCCCc1nc2ccccc2[nH]1. The number of aryl methyl sites for hydroxylation is 1. The Morgan fingerprint density at radius 2 is 1.95 bits per heavy atom. The van der Waals surface area contributed by atoms with Crippen molar-refractivity contribution in [1.29, 1.82) is 0 Å². The highest BCUT2D eigenvalue weighted by atomic mass is 16.1. The Morgan fingerprint density at radius 3 is 2.76 bits per heavy atom. The number of benzene rings is 1. The van der Waals surface area contributed by atoms with Gasteiger partial charge in [-0.15, -0.1) is 0 Å². The fourth-order valence-electron chi connectivity index (χ4n) is 2.36. The third kappa shape index (κ3) is 5.06. The van der Waals surface area contributed by atoms with Gasteiger partial charge in [0.25, 0.3) is 0 Å². The molecular weight excluding hydrogens is 262 g/mol. The molecule has 0 radical (unpaired) electrons. The van der Waals surface area contributed by atoms with Crippen LogP contribution in [0.2, 0.25) is 0 Å². The van der Waals surface area contributed by atoms with E-state index in [-0.39, 0.29) is 5.91 Å². The molecular formula is C17H23N3O. The van der Waals surface area contributed by atoms with Crippen LogP contribution in [0.3, 0.4) is 0 Å². The van der Waals surface area contributed by atoms with E-state index in [4.69, 9.17) is 0 Å². The number of carbonyl (C=O) groups excluding carboxylic acids is 1. The van der Waals surface area contributed by atoms with Crippen LogP contribution in [-0.2, 0) is 11.2 Å². The molecule has 0 saturated carbocycles. The second kappa shape index (κ2) is 8.25. The standard InChI is InChI=1S/C17H23N3O/c1-2-17(21)18-13-9-5-3-4-6-12-16-19-14-10-7-8-11-15(14)20-16/h2,7-8,10-11H,1,3-6,9,12-13H2,(H,18,21)(H,19,20). The molecule has 0 aliphatic carbocycles. The normalized spacial score (nSPS) is 10.7. The molecule has 0 saturated heterocycles. The molecule has 0 fully saturated rings. The Morgan fingerprint density at radius 1 is 1.19 bits per heavy atom. The topological polar surface area (TPSA) is 57.8 Å². The Kier molecular flexibility index (Phi) is 6.00. The first-order valence-corrected chi connectivity index (χ1v) is 7.63. The predicted molar refractivity (Wildman–Crippen MR) is 86.1 cm³/mol. The molecule has 0 unspecified atom stereocenters. The van der Waals surface area contributed by atoms with E-state index < -0.39 is 0 Å². The summed E-state index contributed by atoms with van der Waals surface area (Å²) in [4.78, 5) is 18.9. The van der Waals surface area contributed by atoms with Gasteiger partial charge in [-0.3, -0.25) is 4.79 Å². The van der Waals surface area contributed by atoms with E-state index in [0.717, 1.165) is 49.1 Å². The zero-order valence-corrected chi connectivity index (χ0v) is 12.4. The summed E-state index contributed by atoms with van der Waals surface area (Å²) in [6, 6.07) is 8.13. The summed E-state index contributed by atoms with van der Waals surface area (Å²) in [6.07, 6.45) is 8.05. The fourth-order valence-corrected chi connectivity index (χ4v) is 2.36. The molecule has 0 spiro atoms. The number of para-hydroxylation sites is 2. The van der Waals surface area contributed by atoms with Crippen molar-refractivity contribution in [3.63, 3.8) is 0 Å². The fraction of sp³-hybridized carbons (Fsp3) is 0.412. The Bertz CT molecular complexity index is 555. The number of fused-ring (bicyclic) bond motifs is 1. The average molecular weight is 285 g/mol. The van der Waals surface area contributed by atoms with Crippen molar-refractivity contribution in [3.8, 4) is 0 Å². The molecule has 0 bridgehead atoms. The molecule has 2 rings (SSSR count). The summed E-state index contributed by atoms with van der Waals surface area (Å²) in [6.45, 7) is 4.17. The lowest BCUT2D eigenvalue weighted by Crippen LogP contribution is -2.21. The lowest BCUT2D eigenvalue weighted by molar-refractivity contribution is -0.116. The molecule has 0 aliphatic heterocycles. The summed E-state index contributed by atoms with van der Waals surface area (Å²) >= 11 is 0. The monoisotopic (exact) mass is 285 g/mol. The van der Waals surface area contributed by atoms with Gasteiger partial charge >= 0.3 is 0 Å². The van der Waals surface area contributed by atoms with Crippen molar-refractivity contribution in [1.82, 2.24) is 15.3 Å². The van der Waals surface area contributed by atoms with Crippen LogP contribution in [0.25, 0.3) is 11.0 Å². The molecule has 1 heterocycles. The minimum absolute atomic E-state index is 0.0834. The molecule has 0 atom stereocenters. The Balaban J connectivity index is 1.55. The van der Waals surface area contributed by atoms with E-state index in [1.165, 1.54) is 18.9 Å². The quantitative estimate of drug-likeness (QED) is 0.548. The highest BCUT2D eigenvalue weighted by Gasteiger charge is 2.01. The number of carbonyl (C=O) groups is 1. The van der Waals surface area contributed by atoms with Crippen LogP contribution in [0.1, 0.15) is 37.9 Å². The number of aromatic amines is 1. The van der Waals surface area contributed by atoms with E-state index >= 15 is 0 Å². The van der Waals surface area contributed by atoms with Crippen molar-refractivity contribution in [2.75, 3.05) is 6.54 Å². The van der Waals surface area contributed by atoms with Gasteiger partial charge in [0.1, 0.15) is 5.82 Å². The lowest BCUT2D eigenvalue weighted by atomic mass is 10.1. The summed E-state index contributed by atoms with van der Waals surface area (Å²) in [5.41, 5.74) is 2.16. The van der Waals surface area contributed by atoms with E-state index in [9.17, 15) is 4.79 Å². The Hall–Kier alpha value is -2.10. The van der Waals surface area contributed by atoms with Crippen LogP contribution in [-0.4, -0.2) is 22.4 Å². The van der Waals surface area contributed by atoms with Crippen molar-refractivity contribution in [2.24, 2.45) is 0 Å². The maximum absolute atomic E-state index is 10.9. The number of nitrogens with one attached hydrogen (secondary N) is 2. The van der Waals surface area contributed by atoms with Crippen molar-refractivity contribution >= 4 is 16.9 Å². The highest BCUT2D eigenvalue weighted by Crippen LogP contribution is 2.12. The van der Waals surface area contributed by atoms with Gasteiger partial charge in [0.15, 0.2) is 0 Å². The van der Waals surface area contributed by atoms with Crippen LogP contribution in [0.4, 0.5) is 0 Å². The molecule has 1 aromatic carbocycles. The molecule has 0 aliphatic rings. The first-order chi connectivity index (χ1) is 10.3. The number of hydrogen-bond acceptors (Lipinski definition) is 2. The van der Waals surface area contributed by atoms with E-state index in [2.05, 4.69) is 27.9 Å². The number of amides is 1. The number of imidazole rings is 1. The smallest absolute Gasteiger partial charge is 0.243 e. The van der Waals surface area contributed by atoms with Gasteiger partial charge in [0.05, 0.1) is 11.0 Å². The number of hydrogen-bond donors (Lipinski definition) is 2. The third-order valence-electron chi connectivity index (χ3n) is 3.51. The molecule has 2 N–H and O–H groups in total. The molecule has 4 nitrogen and oxygen atoms in total. The van der Waals surface area contributed by atoms with Crippen LogP contribution in [0.5, 0.6) is 0 Å². The van der Waals surface area contributed by atoms with Crippen LogP contribution in [0, 0.1) is 0 Å². The number of unbranched alkanes of at least 4 members (excludes halogenated alkanes) is 4. The van der Waals surface area contributed by atoms with Gasteiger partial charge in [-0.1, -0.05) is 38.0 Å². The molecule has 112 valence electrons. The second-order valence-corrected chi connectivity index (χ2v) is 5.21. The van der Waals surface area contributed by atoms with Gasteiger partial charge < -0.3 is 10.3 Å². The number of rotatable bonds is 9. The molecule has 2 aromatic rings. The van der Waals surface area contributed by atoms with Gasteiger partial charge in [0, 0.05) is 13.0 Å². The average Bonchev–Trinajstić information content (AvgIpc) is 2.92. The largest absolute Gasteiger partial charge is 0.353 e. The maximum atomic E-state index is 10.9. The van der Waals surface area contributed by atoms with Gasteiger partial charge in [-0.2, -0.15) is 0 Å². The third-order valence-corrected chi connectivity index (χ3v) is 3.51. The van der Waals surface area contributed by atoms with Crippen LogP contribution >= 0.6 is 0 Å². The van der Waals surface area contributed by atoms with E-state index in [0.29, 0.717) is 0 Å². The van der Waals surface area contributed by atoms with E-state index in [1.807, 2.05) is 18.2 Å². The van der Waals surface area contributed by atoms with Gasteiger partial charge in [-0.25, -0.2) is 4.98 Å². The molecule has 1 aromatic heterocycles. The first kappa shape index (κ1) is 15.3. The number of nitrogens with zero attached hydrogens (tertiary/aromatic N) is 1. The maximum Gasteiger partial charge on any atom is 0.243 e. The minimum atomic E-state index is -0.0834. The van der Waals surface area contributed by atoms with Crippen LogP contribution in [0.15, 0.2) is 36.9 Å². The minimum Gasteiger partial charge on any atom is -0.353 e. The predicted octanol–water partition coefficient (Wildman–Crippen LogP) is 3.36. The lowest BCUT2D eigenvalue weighted by Gasteiger charge is -2.02. The summed E-state index contributed by atoms with van der Waals surface area (Å²) < 4.78 is 0. The zero-order valence-electron chi connectivity index (χ0n) is 12.4. The van der Waals surface area contributed by atoms with Crippen LogP contribution < -0.4 is 5.32 Å². The summed E-state index contributed by atoms with van der Waals surface area (Å²) in [7, 11) is 0. The first-order valence-electron chi connectivity index (χ1n) is 7.63. The highest BCUT2D eigenvalue weighted by molar-refractivity contribution is 5.86. The number of H-pyrrole nitrogens is 1.